The largest absolute Gasteiger partial charge is 0.391 e. The van der Waals surface area contributed by atoms with Crippen LogP contribution < -0.4 is 5.32 Å². The van der Waals surface area contributed by atoms with Gasteiger partial charge in [0.05, 0.1) is 18.1 Å². The minimum absolute atomic E-state index is 0.116. The molecule has 3 atom stereocenters. The molecule has 1 aliphatic heterocycles. The number of nitrogens with zero attached hydrogens (tertiary/aromatic N) is 6. The number of β-amino-alcohol motifs (C(OH)–C–C–N with tert-alkyl or cyclic N) is 1. The topological polar surface area (TPSA) is 118 Å². The zero-order valence-corrected chi connectivity index (χ0v) is 21.6. The maximum absolute atomic E-state index is 13.9. The van der Waals surface area contributed by atoms with Crippen molar-refractivity contribution in [2.24, 2.45) is 5.41 Å². The Hall–Kier alpha value is -3.53. The number of hydrogen-bond acceptors (Lipinski definition) is 6. The molecule has 1 aliphatic carbocycles. The van der Waals surface area contributed by atoms with Crippen molar-refractivity contribution in [3.63, 3.8) is 0 Å². The molecule has 2 aliphatic rings. The lowest BCUT2D eigenvalue weighted by atomic mass is 9.85. The molecule has 5 rings (SSSR count). The number of aliphatic hydroxyl groups is 1. The van der Waals surface area contributed by atoms with Crippen LogP contribution in [0.4, 0.5) is 0 Å². The van der Waals surface area contributed by atoms with Crippen molar-refractivity contribution in [2.45, 2.75) is 77.2 Å². The van der Waals surface area contributed by atoms with Gasteiger partial charge in [-0.1, -0.05) is 50.3 Å². The predicted molar refractivity (Wildman–Crippen MR) is 136 cm³/mol. The first kappa shape index (κ1) is 25.1. The molecule has 0 spiro atoms. The van der Waals surface area contributed by atoms with Crippen LogP contribution in [0.2, 0.25) is 0 Å². The first-order valence-electron chi connectivity index (χ1n) is 12.9. The second-order valence-corrected chi connectivity index (χ2v) is 11.3. The summed E-state index contributed by atoms with van der Waals surface area (Å²) < 4.78 is 3.61. The van der Waals surface area contributed by atoms with Gasteiger partial charge in [-0.15, -0.1) is 5.10 Å². The van der Waals surface area contributed by atoms with Crippen molar-refractivity contribution < 1.29 is 14.7 Å². The van der Waals surface area contributed by atoms with Gasteiger partial charge in [0, 0.05) is 50.6 Å². The summed E-state index contributed by atoms with van der Waals surface area (Å²) in [5, 5.41) is 22.1. The summed E-state index contributed by atoms with van der Waals surface area (Å²) >= 11 is 0. The molecule has 0 unspecified atom stereocenters. The number of benzene rings is 1. The second-order valence-electron chi connectivity index (χ2n) is 11.3. The molecule has 0 radical (unpaired) electrons. The van der Waals surface area contributed by atoms with E-state index >= 15 is 0 Å². The van der Waals surface area contributed by atoms with Crippen LogP contribution in [-0.4, -0.2) is 65.1 Å². The maximum Gasteiger partial charge on any atom is 0.248 e. The smallest absolute Gasteiger partial charge is 0.248 e. The molecule has 10 heteroatoms. The fourth-order valence-corrected chi connectivity index (χ4v) is 5.09. The highest BCUT2D eigenvalue weighted by molar-refractivity contribution is 5.90. The summed E-state index contributed by atoms with van der Waals surface area (Å²) in [6.07, 6.45) is 8.89. The Morgan fingerprint density at radius 1 is 1.19 bits per heavy atom. The van der Waals surface area contributed by atoms with E-state index in [1.807, 2.05) is 62.0 Å². The third kappa shape index (κ3) is 5.58. The monoisotopic (exact) mass is 505 g/mol. The molecule has 37 heavy (non-hydrogen) atoms. The zero-order valence-electron chi connectivity index (χ0n) is 21.6. The van der Waals surface area contributed by atoms with Crippen molar-refractivity contribution >= 4 is 11.8 Å². The predicted octanol–water partition coefficient (Wildman–Crippen LogP) is 2.27. The number of amides is 2. The van der Waals surface area contributed by atoms with Crippen LogP contribution in [0.3, 0.4) is 0 Å². The molecule has 10 nitrogen and oxygen atoms in total. The summed E-state index contributed by atoms with van der Waals surface area (Å²) in [4.78, 5) is 32.9. The van der Waals surface area contributed by atoms with E-state index < -0.39 is 23.6 Å². The quantitative estimate of drug-likeness (QED) is 0.485. The fourth-order valence-electron chi connectivity index (χ4n) is 5.09. The van der Waals surface area contributed by atoms with Crippen LogP contribution in [0, 0.1) is 5.41 Å². The van der Waals surface area contributed by atoms with Crippen molar-refractivity contribution in [3.05, 3.63) is 66.0 Å². The van der Waals surface area contributed by atoms with Crippen LogP contribution in [0.15, 0.2) is 49.2 Å². The van der Waals surface area contributed by atoms with Crippen molar-refractivity contribution in [1.29, 1.82) is 0 Å². The number of imidazole rings is 1. The first-order valence-corrected chi connectivity index (χ1v) is 12.9. The molecule has 1 saturated heterocycles. The summed E-state index contributed by atoms with van der Waals surface area (Å²) in [6.45, 7) is 7.03. The van der Waals surface area contributed by atoms with E-state index in [2.05, 4.69) is 20.6 Å². The number of carbonyl (C=O) groups excluding carboxylic acids is 2. The average molecular weight is 506 g/mol. The second kappa shape index (κ2) is 10.1. The van der Waals surface area contributed by atoms with Crippen LogP contribution >= 0.6 is 0 Å². The van der Waals surface area contributed by atoms with Gasteiger partial charge in [0.1, 0.15) is 12.1 Å². The molecule has 2 aromatic heterocycles. The van der Waals surface area contributed by atoms with Crippen LogP contribution in [0.25, 0.3) is 0 Å². The number of carbonyl (C=O) groups is 2. The van der Waals surface area contributed by atoms with Gasteiger partial charge < -0.3 is 19.9 Å². The molecule has 1 saturated carbocycles. The summed E-state index contributed by atoms with van der Waals surface area (Å²) in [7, 11) is 0. The Labute approximate surface area is 216 Å². The van der Waals surface area contributed by atoms with Gasteiger partial charge in [-0.25, -0.2) is 9.67 Å². The summed E-state index contributed by atoms with van der Waals surface area (Å²) in [5.41, 5.74) is 2.51. The highest BCUT2D eigenvalue weighted by atomic mass is 16.3. The van der Waals surface area contributed by atoms with Crippen LogP contribution in [-0.2, 0) is 22.7 Å². The summed E-state index contributed by atoms with van der Waals surface area (Å²) in [5.74, 6) is -0.0718. The lowest BCUT2D eigenvalue weighted by Crippen LogP contribution is -2.50. The Morgan fingerprint density at radius 2 is 1.95 bits per heavy atom. The van der Waals surface area contributed by atoms with Crippen LogP contribution in [0.1, 0.15) is 68.8 Å². The SMILES string of the molecule is CC(C)(C)[C@@H](C(=O)N1C[C@H](O)C[C@H]1C(=O)NCc1ccccc1Cn1ccnc1)n1cc(C2CC2)nn1. The molecule has 3 heterocycles. The minimum Gasteiger partial charge on any atom is -0.391 e. The fraction of sp³-hybridized carbons (Fsp3) is 0.519. The molecule has 3 aromatic rings. The highest BCUT2D eigenvalue weighted by Crippen LogP contribution is 2.40. The summed E-state index contributed by atoms with van der Waals surface area (Å²) in [6, 6.07) is 6.53. The molecule has 2 amide bonds. The third-order valence-corrected chi connectivity index (χ3v) is 7.19. The Morgan fingerprint density at radius 3 is 2.62 bits per heavy atom. The van der Waals surface area contributed by atoms with Gasteiger partial charge in [-0.05, 0) is 29.4 Å². The van der Waals surface area contributed by atoms with E-state index in [0.717, 1.165) is 29.7 Å². The van der Waals surface area contributed by atoms with Gasteiger partial charge in [-0.3, -0.25) is 9.59 Å². The van der Waals surface area contributed by atoms with Gasteiger partial charge in [0.15, 0.2) is 0 Å². The Balaban J connectivity index is 1.31. The van der Waals surface area contributed by atoms with Crippen molar-refractivity contribution in [3.8, 4) is 0 Å². The molecule has 0 bridgehead atoms. The van der Waals surface area contributed by atoms with E-state index in [0.29, 0.717) is 19.0 Å². The standard InChI is InChI=1S/C27H35N7O3/c1-27(2,3)24(34-16-22(30-31-34)18-8-9-18)26(37)33-15-21(35)12-23(33)25(36)29-13-19-6-4-5-7-20(19)14-32-11-10-28-17-32/h4-7,10-11,16-18,21,23-24,35H,8-9,12-15H2,1-3H3,(H,29,36)/t21-,23+,24-/m1/s1. The first-order chi connectivity index (χ1) is 17.7. The lowest BCUT2D eigenvalue weighted by molar-refractivity contribution is -0.144. The number of aromatic nitrogens is 5. The normalized spacial score (nSPS) is 20.7. The van der Waals surface area contributed by atoms with Gasteiger partial charge in [-0.2, -0.15) is 0 Å². The molecular formula is C27H35N7O3. The average Bonchev–Trinajstić information content (AvgIpc) is 3.20. The number of nitrogens with one attached hydrogen (secondary N) is 1. The van der Waals surface area contributed by atoms with Crippen molar-refractivity contribution in [2.75, 3.05) is 6.54 Å². The van der Waals surface area contributed by atoms with E-state index in [1.54, 1.807) is 17.2 Å². The third-order valence-electron chi connectivity index (χ3n) is 7.19. The minimum atomic E-state index is -0.758. The molecular weight excluding hydrogens is 470 g/mol. The molecule has 2 N–H and O–H groups in total. The van der Waals surface area contributed by atoms with E-state index in [1.165, 1.54) is 4.90 Å². The number of hydrogen-bond donors (Lipinski definition) is 2. The Kier molecular flexibility index (Phi) is 6.85. The highest BCUT2D eigenvalue weighted by Gasteiger charge is 2.45. The molecule has 196 valence electrons. The van der Waals surface area contributed by atoms with E-state index in [4.69, 9.17) is 0 Å². The molecule has 1 aromatic carbocycles. The molecule has 2 fully saturated rings. The number of likely N-dealkylation sites (tertiary alicyclic amines) is 1. The number of aliphatic hydroxyl groups excluding tert-OH is 1. The van der Waals surface area contributed by atoms with E-state index in [9.17, 15) is 14.7 Å². The zero-order chi connectivity index (χ0) is 26.2. The lowest BCUT2D eigenvalue weighted by Gasteiger charge is -2.34. The van der Waals surface area contributed by atoms with Crippen LogP contribution in [0.5, 0.6) is 0 Å². The maximum atomic E-state index is 13.9. The van der Waals surface area contributed by atoms with Gasteiger partial charge in [0.2, 0.25) is 11.8 Å². The van der Waals surface area contributed by atoms with Gasteiger partial charge in [0.25, 0.3) is 0 Å². The number of rotatable bonds is 8. The van der Waals surface area contributed by atoms with E-state index in [-0.39, 0.29) is 24.8 Å². The van der Waals surface area contributed by atoms with Crippen molar-refractivity contribution in [1.82, 2.24) is 34.8 Å². The Bertz CT molecular complexity index is 1240. The van der Waals surface area contributed by atoms with Gasteiger partial charge >= 0.3 is 0 Å².